The first kappa shape index (κ1) is 75.2. The maximum atomic E-state index is 13.7. The van der Waals surface area contributed by atoms with E-state index < -0.39 is 25.2 Å². The highest BCUT2D eigenvalue weighted by Gasteiger charge is 2.48. The molecule has 4 aliphatic rings. The van der Waals surface area contributed by atoms with Gasteiger partial charge in [-0.1, -0.05) is 11.6 Å². The predicted octanol–water partition coefficient (Wildman–Crippen LogP) is 10.9. The third kappa shape index (κ3) is 16.8. The number of nitrogens with zero attached hydrogens (tertiary/aromatic N) is 10. The second-order valence-electron chi connectivity index (χ2n) is 22.3. The molecule has 0 unspecified atom stereocenters. The number of rotatable bonds is 22. The van der Waals surface area contributed by atoms with Crippen molar-refractivity contribution >= 4 is 119 Å². The summed E-state index contributed by atoms with van der Waals surface area (Å²) < 4.78 is 166. The van der Waals surface area contributed by atoms with E-state index in [0.717, 1.165) is 11.1 Å². The molecule has 7 N–H and O–H groups in total. The van der Waals surface area contributed by atoms with Gasteiger partial charge in [-0.15, -0.1) is 40.2 Å². The number of carbonyl (C=O) groups is 2. The van der Waals surface area contributed by atoms with Gasteiger partial charge in [0.1, 0.15) is 61.9 Å². The molecule has 0 atom stereocenters. The Kier molecular flexibility index (Phi) is 21.7. The number of carbonyl (C=O) groups excluding carboxylic acids is 2. The number of ketones is 2. The highest BCUT2D eigenvalue weighted by atomic mass is 35.5. The largest absolute Gasteiger partial charge is 0.586 e. The van der Waals surface area contributed by atoms with Crippen molar-refractivity contribution in [2.45, 2.75) is 57.5 Å². The molecule has 0 saturated carbocycles. The molecule has 42 heteroatoms. The van der Waals surface area contributed by atoms with Crippen LogP contribution < -0.4 is 78.1 Å². The molecule has 5 aromatic heterocycles. The molecule has 0 spiro atoms. The van der Waals surface area contributed by atoms with Gasteiger partial charge in [0.25, 0.3) is 0 Å². The smallest absolute Gasteiger partial charge is 0.497 e. The van der Waals surface area contributed by atoms with E-state index in [1.54, 1.807) is 57.7 Å². The number of fused-ring (bicyclic) bond motifs is 14. The van der Waals surface area contributed by atoms with Crippen molar-refractivity contribution in [2.24, 2.45) is 0 Å². The molecule has 0 bridgehead atoms. The zero-order valence-corrected chi connectivity index (χ0v) is 57.6. The Morgan fingerprint density at radius 2 is 0.879 bits per heavy atom. The number of ether oxygens (including phenoxy) is 12. The van der Waals surface area contributed by atoms with Gasteiger partial charge in [-0.2, -0.15) is 9.50 Å². The maximum Gasteiger partial charge on any atom is 0.586 e. The lowest BCUT2D eigenvalue weighted by Gasteiger charge is -2.14. The summed E-state index contributed by atoms with van der Waals surface area (Å²) in [5, 5.41) is 44.4. The fraction of sp³-hybridized carbons (Fsp3) is 0.277. The van der Waals surface area contributed by atoms with Crippen LogP contribution in [0.3, 0.4) is 0 Å². The number of nitrogens with one attached hydrogen (secondary N) is 4. The van der Waals surface area contributed by atoms with Crippen LogP contribution in [0, 0.1) is 0 Å². The van der Waals surface area contributed by atoms with Crippen LogP contribution >= 0.6 is 34.8 Å². The molecule has 107 heavy (non-hydrogen) atoms. The van der Waals surface area contributed by atoms with Gasteiger partial charge in [0.2, 0.25) is 22.5 Å². The molecule has 0 fully saturated rings. The Morgan fingerprint density at radius 1 is 0.458 bits per heavy atom. The van der Waals surface area contributed by atoms with Crippen LogP contribution in [0.25, 0.3) is 49.3 Å². The van der Waals surface area contributed by atoms with Crippen LogP contribution in [0.2, 0.25) is 15.7 Å². The number of benzene rings is 6. The van der Waals surface area contributed by atoms with Crippen molar-refractivity contribution in [1.82, 2.24) is 49.5 Å². The number of aliphatic hydroxyl groups is 3. The lowest BCUT2D eigenvalue weighted by Crippen LogP contribution is -2.26. The molecule has 0 aliphatic carbocycles. The van der Waals surface area contributed by atoms with Crippen molar-refractivity contribution in [3.8, 4) is 69.0 Å². The van der Waals surface area contributed by atoms with E-state index in [2.05, 4.69) is 99.4 Å². The zero-order valence-electron chi connectivity index (χ0n) is 55.3. The van der Waals surface area contributed by atoms with Crippen LogP contribution in [0.4, 0.5) is 58.7 Å². The Hall–Kier alpha value is -11.5. The maximum absolute atomic E-state index is 13.7. The summed E-state index contributed by atoms with van der Waals surface area (Å²) in [7, 11) is 6.18. The molecule has 0 radical (unpaired) electrons. The van der Waals surface area contributed by atoms with E-state index in [1.165, 1.54) is 54.1 Å². The monoisotopic (exact) mass is 1560 g/mol. The summed E-state index contributed by atoms with van der Waals surface area (Å²) in [5.41, 5.74) is 2.28. The second kappa shape index (κ2) is 30.9. The van der Waals surface area contributed by atoms with Crippen molar-refractivity contribution < 1.29 is 117 Å². The Labute approximate surface area is 609 Å². The third-order valence-electron chi connectivity index (χ3n) is 15.3. The van der Waals surface area contributed by atoms with Crippen molar-refractivity contribution in [3.63, 3.8) is 0 Å². The van der Waals surface area contributed by atoms with Crippen LogP contribution in [-0.4, -0.2) is 163 Å². The molecule has 9 heterocycles. The number of halogens is 11. The van der Waals surface area contributed by atoms with E-state index in [1.807, 2.05) is 6.07 Å². The predicted molar refractivity (Wildman–Crippen MR) is 362 cm³/mol. The van der Waals surface area contributed by atoms with Crippen molar-refractivity contribution in [3.05, 3.63) is 118 Å². The van der Waals surface area contributed by atoms with Gasteiger partial charge in [0.05, 0.1) is 61.3 Å². The van der Waals surface area contributed by atoms with Crippen molar-refractivity contribution in [1.29, 1.82) is 0 Å². The Morgan fingerprint density at radius 3 is 1.34 bits per heavy atom. The number of methoxy groups -OCH3 is 4. The van der Waals surface area contributed by atoms with E-state index in [-0.39, 0.29) is 184 Å². The van der Waals surface area contributed by atoms with Crippen LogP contribution in [-0.2, 0) is 29.1 Å². The lowest BCUT2D eigenvalue weighted by atomic mass is 10.2. The fourth-order valence-corrected chi connectivity index (χ4v) is 11.2. The minimum atomic E-state index is -3.82. The number of alkyl halides is 8. The average molecular weight is 1560 g/mol. The van der Waals surface area contributed by atoms with Crippen LogP contribution in [0.5, 0.6) is 69.0 Å². The Bertz CT molecular complexity index is 5260. The van der Waals surface area contributed by atoms with E-state index >= 15 is 0 Å². The average Bonchev–Trinajstić information content (AvgIpc) is 1.64. The van der Waals surface area contributed by atoms with E-state index in [4.69, 9.17) is 68.7 Å². The topological polar surface area (TPSA) is 374 Å². The van der Waals surface area contributed by atoms with Gasteiger partial charge >= 0.3 is 25.2 Å². The summed E-state index contributed by atoms with van der Waals surface area (Å²) in [4.78, 5) is 56.4. The number of hydrogen-bond donors (Lipinski definition) is 7. The number of Topliss-reactive ketones (excluding diaryl/α,β-unsaturated/α-hetero) is 2. The molecule has 31 nitrogen and oxygen atoms in total. The van der Waals surface area contributed by atoms with Gasteiger partial charge in [0.15, 0.2) is 69.0 Å². The number of aliphatic hydroxyl groups excluding tert-OH is 3. The number of aromatic nitrogens is 10. The Balaban J connectivity index is 0.000000138. The summed E-state index contributed by atoms with van der Waals surface area (Å²) in [6, 6.07) is 21.9. The first-order valence-electron chi connectivity index (χ1n) is 31.1. The first-order valence-corrected chi connectivity index (χ1v) is 32.2. The van der Waals surface area contributed by atoms with E-state index in [9.17, 15) is 49.8 Å². The van der Waals surface area contributed by atoms with Gasteiger partial charge in [-0.25, -0.2) is 34.9 Å². The van der Waals surface area contributed by atoms with Crippen molar-refractivity contribution in [2.75, 3.05) is 82.6 Å². The minimum Gasteiger partial charge on any atom is -0.497 e. The standard InChI is InChI=1S/C22H22F2N4O6.C21H19F2N5O5.C13H10ClF2N3O4.C9H2Cl2F2N2O2/c1-31-14-4-3-12(17(9-14)32-2)10-26-21-27-18-15(20(28-21)25-11-13(30)7-8-29)5-6-16-19(18)34-22(23,24)33-16;1-30-12-4-3-11(15(9-12)31-2)10-24-20-26-17-13(19-25-16(7-8-29)27-28(19)20)5-6-14-18(17)33-21(22,23)32-14;14-12-18-9-7(11(19-12)17-5-6(21)3-4-20)1-2-8-10(9)23-13(15,16)22-8;10-7-3-1-2-4-6(17-9(12,13)16-4)5(3)14-8(11)15-7/h3-6,9,29H,7-8,10-11H2,1-2H3,(H2,25,26,27,28);3-6,9,29H,7-8,10H2,1-2H3,(H,24,26);1-2,20H,3-5H2,(H,17,18,19);1-2H. The zero-order chi connectivity index (χ0) is 76.3. The summed E-state index contributed by atoms with van der Waals surface area (Å²) in [5.74, 6) is 1.60. The fourth-order valence-electron chi connectivity index (χ4n) is 10.6. The minimum absolute atomic E-state index is 0.0116. The number of anilines is 4. The molecule has 4 aliphatic heterocycles. The summed E-state index contributed by atoms with van der Waals surface area (Å²) >= 11 is 17.2. The molecule has 0 amide bonds. The first-order chi connectivity index (χ1) is 51.1. The second-order valence-corrected chi connectivity index (χ2v) is 23.3. The summed E-state index contributed by atoms with van der Waals surface area (Å²) in [6.45, 7) is -0.402. The van der Waals surface area contributed by atoms with E-state index in [0.29, 0.717) is 56.0 Å². The molecular formula is C65H53Cl3F8N14O17. The third-order valence-corrected chi connectivity index (χ3v) is 16.0. The van der Waals surface area contributed by atoms with Gasteiger partial charge in [0, 0.05) is 77.2 Å². The molecule has 15 rings (SSSR count). The van der Waals surface area contributed by atoms with Crippen LogP contribution in [0.15, 0.2) is 84.9 Å². The molecular weight excluding hydrogens is 1510 g/mol. The highest BCUT2D eigenvalue weighted by molar-refractivity contribution is 6.36. The van der Waals surface area contributed by atoms with Gasteiger partial charge in [-0.05, 0) is 96.0 Å². The molecule has 6 aromatic carbocycles. The molecule has 562 valence electrons. The SMILES string of the molecule is COc1ccc(CNc2nc(NCC(=O)CCO)c3ccc4c(c3n2)OC(F)(F)O4)c(OC)c1.COc1ccc(CNc2nc3c4c(ccc3c3nc(CCO)nn23)OC(F)(F)O4)c(OC)c1.FC1(F)Oc2ccc3c(Cl)nc(Cl)nc3c2O1.O=C(CCO)CNc1nc(Cl)nc2c3c(ccc12)OC(F)(F)O3. The normalized spacial score (nSPS) is 14.5. The lowest BCUT2D eigenvalue weighted by molar-refractivity contribution is -0.287. The van der Waals surface area contributed by atoms with Crippen LogP contribution in [0.1, 0.15) is 29.8 Å². The highest BCUT2D eigenvalue weighted by Crippen LogP contribution is 2.50. The molecule has 11 aromatic rings. The quantitative estimate of drug-likeness (QED) is 0.0188. The number of hydrogen-bond acceptors (Lipinski definition) is 30. The van der Waals surface area contributed by atoms with Gasteiger partial charge < -0.3 is 93.4 Å². The van der Waals surface area contributed by atoms with Gasteiger partial charge in [-0.3, -0.25) is 9.59 Å². The summed E-state index contributed by atoms with van der Waals surface area (Å²) in [6.07, 6.45) is -14.9. The molecule has 0 saturated heterocycles.